The van der Waals surface area contributed by atoms with Crippen molar-refractivity contribution in [1.82, 2.24) is 0 Å². The lowest BCUT2D eigenvalue weighted by Gasteiger charge is -2.20. The van der Waals surface area contributed by atoms with Gasteiger partial charge in [0.1, 0.15) is 5.75 Å². The van der Waals surface area contributed by atoms with Crippen LogP contribution in [-0.2, 0) is 11.8 Å². The van der Waals surface area contributed by atoms with Crippen LogP contribution < -0.4 is 4.74 Å². The van der Waals surface area contributed by atoms with Crippen molar-refractivity contribution in [3.8, 4) is 5.75 Å². The molecule has 0 aromatic heterocycles. The van der Waals surface area contributed by atoms with Gasteiger partial charge in [0, 0.05) is 0 Å². The van der Waals surface area contributed by atoms with E-state index in [0.29, 0.717) is 0 Å². The summed E-state index contributed by atoms with van der Waals surface area (Å²) < 4.78 is 5.72. The van der Waals surface area contributed by atoms with Crippen molar-refractivity contribution in [3.05, 3.63) is 29.3 Å². The number of benzene rings is 1. The predicted molar refractivity (Wildman–Crippen MR) is 63.6 cm³/mol. The first kappa shape index (κ1) is 10.5. The molecule has 15 heavy (non-hydrogen) atoms. The van der Waals surface area contributed by atoms with Crippen LogP contribution in [0.4, 0.5) is 0 Å². The SMILES string of the molecule is CC(C)(C)c1ccc2c(c1)CCCCO2. The lowest BCUT2D eigenvalue weighted by atomic mass is 9.85. The maximum absolute atomic E-state index is 5.72. The van der Waals surface area contributed by atoms with Gasteiger partial charge in [-0.1, -0.05) is 32.9 Å². The summed E-state index contributed by atoms with van der Waals surface area (Å²) in [6.07, 6.45) is 3.60. The van der Waals surface area contributed by atoms with Gasteiger partial charge >= 0.3 is 0 Å². The average molecular weight is 204 g/mol. The molecule has 0 radical (unpaired) electrons. The van der Waals surface area contributed by atoms with Gasteiger partial charge in [-0.05, 0) is 41.9 Å². The van der Waals surface area contributed by atoms with Gasteiger partial charge in [-0.25, -0.2) is 0 Å². The minimum Gasteiger partial charge on any atom is -0.493 e. The van der Waals surface area contributed by atoms with Crippen LogP contribution in [0.15, 0.2) is 18.2 Å². The molecule has 0 saturated heterocycles. The second-order valence-corrected chi connectivity index (χ2v) is 5.38. The van der Waals surface area contributed by atoms with Gasteiger partial charge < -0.3 is 4.74 Å². The standard InChI is InChI=1S/C14H20O/c1-14(2,3)12-7-8-13-11(10-12)6-4-5-9-15-13/h7-8,10H,4-6,9H2,1-3H3. The molecule has 1 nitrogen and oxygen atoms in total. The van der Waals surface area contributed by atoms with E-state index in [1.54, 1.807) is 0 Å². The Morgan fingerprint density at radius 3 is 2.67 bits per heavy atom. The Bertz CT molecular complexity index is 347. The normalized spacial score (nSPS) is 16.5. The first-order chi connectivity index (χ1) is 7.07. The molecule has 1 aliphatic rings. The van der Waals surface area contributed by atoms with E-state index in [9.17, 15) is 0 Å². The molecule has 0 atom stereocenters. The molecule has 0 fully saturated rings. The molecule has 0 saturated carbocycles. The van der Waals surface area contributed by atoms with Crippen LogP contribution in [0.3, 0.4) is 0 Å². The van der Waals surface area contributed by atoms with Gasteiger partial charge in [-0.2, -0.15) is 0 Å². The summed E-state index contributed by atoms with van der Waals surface area (Å²) in [6, 6.07) is 6.66. The molecule has 1 heteroatoms. The Labute approximate surface area is 92.5 Å². The topological polar surface area (TPSA) is 9.23 Å². The van der Waals surface area contributed by atoms with E-state index in [1.165, 1.54) is 30.4 Å². The molecule has 0 bridgehead atoms. The van der Waals surface area contributed by atoms with Crippen molar-refractivity contribution in [2.24, 2.45) is 0 Å². The zero-order valence-electron chi connectivity index (χ0n) is 9.97. The Kier molecular flexibility index (Phi) is 2.72. The molecule has 2 rings (SSSR count). The fourth-order valence-corrected chi connectivity index (χ4v) is 1.98. The van der Waals surface area contributed by atoms with Crippen LogP contribution in [0.5, 0.6) is 5.75 Å². The molecular formula is C14H20O. The summed E-state index contributed by atoms with van der Waals surface area (Å²) in [6.45, 7) is 7.65. The molecule has 1 aromatic rings. The molecule has 0 N–H and O–H groups in total. The van der Waals surface area contributed by atoms with Gasteiger partial charge in [0.25, 0.3) is 0 Å². The van der Waals surface area contributed by atoms with Gasteiger partial charge in [-0.3, -0.25) is 0 Å². The minimum absolute atomic E-state index is 0.237. The first-order valence-electron chi connectivity index (χ1n) is 5.83. The first-order valence-corrected chi connectivity index (χ1v) is 5.83. The van der Waals surface area contributed by atoms with Crippen molar-refractivity contribution in [3.63, 3.8) is 0 Å². The van der Waals surface area contributed by atoms with Crippen LogP contribution in [-0.4, -0.2) is 6.61 Å². The summed E-state index contributed by atoms with van der Waals surface area (Å²) >= 11 is 0. The van der Waals surface area contributed by atoms with E-state index in [-0.39, 0.29) is 5.41 Å². The zero-order valence-corrected chi connectivity index (χ0v) is 9.97. The Morgan fingerprint density at radius 2 is 1.93 bits per heavy atom. The summed E-state index contributed by atoms with van der Waals surface area (Å²) in [4.78, 5) is 0. The van der Waals surface area contributed by atoms with E-state index < -0.39 is 0 Å². The summed E-state index contributed by atoms with van der Waals surface area (Å²) in [7, 11) is 0. The lowest BCUT2D eigenvalue weighted by Crippen LogP contribution is -2.11. The molecule has 1 aromatic carbocycles. The summed E-state index contributed by atoms with van der Waals surface area (Å²) in [5.41, 5.74) is 3.04. The highest BCUT2D eigenvalue weighted by molar-refractivity contribution is 5.40. The molecule has 1 heterocycles. The number of hydrogen-bond donors (Lipinski definition) is 0. The third kappa shape index (κ3) is 2.34. The van der Waals surface area contributed by atoms with E-state index in [2.05, 4.69) is 39.0 Å². The Balaban J connectivity index is 2.36. The van der Waals surface area contributed by atoms with Crippen molar-refractivity contribution in [2.75, 3.05) is 6.61 Å². The van der Waals surface area contributed by atoms with Crippen LogP contribution in [0.25, 0.3) is 0 Å². The number of rotatable bonds is 0. The van der Waals surface area contributed by atoms with Crippen LogP contribution >= 0.6 is 0 Å². The Morgan fingerprint density at radius 1 is 1.13 bits per heavy atom. The van der Waals surface area contributed by atoms with Crippen LogP contribution in [0, 0.1) is 0 Å². The van der Waals surface area contributed by atoms with E-state index in [1.807, 2.05) is 0 Å². The summed E-state index contributed by atoms with van der Waals surface area (Å²) in [5, 5.41) is 0. The van der Waals surface area contributed by atoms with Crippen molar-refractivity contribution < 1.29 is 4.74 Å². The molecule has 0 amide bonds. The van der Waals surface area contributed by atoms with Crippen LogP contribution in [0.1, 0.15) is 44.7 Å². The highest BCUT2D eigenvalue weighted by atomic mass is 16.5. The highest BCUT2D eigenvalue weighted by Gasteiger charge is 2.16. The second-order valence-electron chi connectivity index (χ2n) is 5.38. The van der Waals surface area contributed by atoms with Gasteiger partial charge in [0.15, 0.2) is 0 Å². The Hall–Kier alpha value is -0.980. The zero-order chi connectivity index (χ0) is 10.9. The molecule has 82 valence electrons. The van der Waals surface area contributed by atoms with E-state index in [0.717, 1.165) is 12.4 Å². The fraction of sp³-hybridized carbons (Fsp3) is 0.571. The van der Waals surface area contributed by atoms with Crippen molar-refractivity contribution in [2.45, 2.75) is 45.4 Å². The number of ether oxygens (including phenoxy) is 1. The maximum atomic E-state index is 5.72. The number of fused-ring (bicyclic) bond motifs is 1. The maximum Gasteiger partial charge on any atom is 0.122 e. The number of aryl methyl sites for hydroxylation is 1. The molecule has 0 aliphatic carbocycles. The van der Waals surface area contributed by atoms with Gasteiger partial charge in [0.2, 0.25) is 0 Å². The van der Waals surface area contributed by atoms with Gasteiger partial charge in [0.05, 0.1) is 6.61 Å². The van der Waals surface area contributed by atoms with Crippen molar-refractivity contribution >= 4 is 0 Å². The smallest absolute Gasteiger partial charge is 0.122 e. The van der Waals surface area contributed by atoms with E-state index in [4.69, 9.17) is 4.74 Å². The molecular weight excluding hydrogens is 184 g/mol. The van der Waals surface area contributed by atoms with E-state index >= 15 is 0 Å². The summed E-state index contributed by atoms with van der Waals surface area (Å²) in [5.74, 6) is 1.10. The highest BCUT2D eigenvalue weighted by Crippen LogP contribution is 2.30. The number of hydrogen-bond acceptors (Lipinski definition) is 1. The molecule has 0 spiro atoms. The second kappa shape index (κ2) is 3.88. The largest absolute Gasteiger partial charge is 0.493 e. The minimum atomic E-state index is 0.237. The monoisotopic (exact) mass is 204 g/mol. The predicted octanol–water partition coefficient (Wildman–Crippen LogP) is 3.70. The fourth-order valence-electron chi connectivity index (χ4n) is 1.98. The van der Waals surface area contributed by atoms with Crippen molar-refractivity contribution in [1.29, 1.82) is 0 Å². The molecule has 0 unspecified atom stereocenters. The quantitative estimate of drug-likeness (QED) is 0.626. The van der Waals surface area contributed by atoms with Gasteiger partial charge in [-0.15, -0.1) is 0 Å². The third-order valence-corrected chi connectivity index (χ3v) is 3.02. The molecule has 1 aliphatic heterocycles. The van der Waals surface area contributed by atoms with Crippen LogP contribution in [0.2, 0.25) is 0 Å². The third-order valence-electron chi connectivity index (χ3n) is 3.02. The average Bonchev–Trinajstić information content (AvgIpc) is 2.39. The lowest BCUT2D eigenvalue weighted by molar-refractivity contribution is 0.316.